The third-order valence-electron chi connectivity index (χ3n) is 2.14. The normalized spacial score (nSPS) is 8.36. The summed E-state index contributed by atoms with van der Waals surface area (Å²) in [6.07, 6.45) is 4.87. The van der Waals surface area contributed by atoms with E-state index in [1.807, 2.05) is 0 Å². The Labute approximate surface area is 129 Å². The smallest absolute Gasteiger partial charge is 0.243 e. The molecule has 0 rings (SSSR count). The number of nitrogens with one attached hydrogen (secondary N) is 2. The van der Waals surface area contributed by atoms with Crippen LogP contribution in [0.25, 0.3) is 10.4 Å². The highest BCUT2D eigenvalue weighted by Gasteiger charge is 1.97. The lowest BCUT2D eigenvalue weighted by Crippen LogP contribution is -2.26. The number of primary amides is 1. The topological polar surface area (TPSA) is 150 Å². The zero-order chi connectivity index (χ0) is 17.2. The van der Waals surface area contributed by atoms with Crippen molar-refractivity contribution >= 4 is 17.7 Å². The van der Waals surface area contributed by atoms with E-state index in [4.69, 9.17) is 5.53 Å². The highest BCUT2D eigenvalue weighted by molar-refractivity contribution is 5.86. The molecule has 9 nitrogen and oxygen atoms in total. The molecule has 0 bridgehead atoms. The van der Waals surface area contributed by atoms with Crippen LogP contribution >= 0.6 is 0 Å². The van der Waals surface area contributed by atoms with E-state index in [0.29, 0.717) is 13.1 Å². The van der Waals surface area contributed by atoms with Gasteiger partial charge in [0.1, 0.15) is 6.54 Å². The van der Waals surface area contributed by atoms with Crippen molar-refractivity contribution in [2.45, 2.75) is 19.3 Å². The summed E-state index contributed by atoms with van der Waals surface area (Å²) in [5.74, 6) is -0.930. The Morgan fingerprint density at radius 2 is 1.64 bits per heavy atom. The lowest BCUT2D eigenvalue weighted by atomic mass is 10.2. The number of rotatable bonds is 10. The standard InChI is InChI=1S/C10H17N5O2.C3H5NO/c1-2-9(16)12-6-4-3-5-7-13-10(17)8-14-15-11;1-2-3(4)5/h2H,1,3-8H2,(H,12,16)(H,13,17);2H,1H2,(H2,4,5). The Balaban J connectivity index is 0. The average Bonchev–Trinajstić information content (AvgIpc) is 2.52. The summed E-state index contributed by atoms with van der Waals surface area (Å²) in [5.41, 5.74) is 12.5. The molecule has 0 unspecified atom stereocenters. The Kier molecular flexibility index (Phi) is 15.9. The molecule has 3 amide bonds. The van der Waals surface area contributed by atoms with Crippen LogP contribution in [0.3, 0.4) is 0 Å². The number of hydrogen-bond acceptors (Lipinski definition) is 4. The lowest BCUT2D eigenvalue weighted by Gasteiger charge is -2.04. The van der Waals surface area contributed by atoms with Crippen molar-refractivity contribution in [3.63, 3.8) is 0 Å². The highest BCUT2D eigenvalue weighted by atomic mass is 16.2. The van der Waals surface area contributed by atoms with E-state index in [9.17, 15) is 14.4 Å². The average molecular weight is 310 g/mol. The highest BCUT2D eigenvalue weighted by Crippen LogP contribution is 1.92. The van der Waals surface area contributed by atoms with Gasteiger partial charge in [0, 0.05) is 18.0 Å². The zero-order valence-electron chi connectivity index (χ0n) is 12.5. The third-order valence-corrected chi connectivity index (χ3v) is 2.14. The predicted molar refractivity (Wildman–Crippen MR) is 83.5 cm³/mol. The lowest BCUT2D eigenvalue weighted by molar-refractivity contribution is -0.119. The largest absolute Gasteiger partial charge is 0.366 e. The molecule has 0 fully saturated rings. The van der Waals surface area contributed by atoms with Crippen LogP contribution in [0.2, 0.25) is 0 Å². The van der Waals surface area contributed by atoms with Gasteiger partial charge in [-0.25, -0.2) is 0 Å². The van der Waals surface area contributed by atoms with Gasteiger partial charge in [0.05, 0.1) is 0 Å². The van der Waals surface area contributed by atoms with Gasteiger partial charge in [0.25, 0.3) is 0 Å². The first kappa shape index (κ1) is 21.5. The first-order valence-electron chi connectivity index (χ1n) is 6.57. The number of unbranched alkanes of at least 4 members (excludes halogenated alkanes) is 2. The van der Waals surface area contributed by atoms with Gasteiger partial charge in [0.2, 0.25) is 17.7 Å². The van der Waals surface area contributed by atoms with Crippen LogP contribution in [0.15, 0.2) is 30.4 Å². The second kappa shape index (κ2) is 16.3. The van der Waals surface area contributed by atoms with Crippen molar-refractivity contribution in [2.75, 3.05) is 19.6 Å². The van der Waals surface area contributed by atoms with Gasteiger partial charge in [-0.1, -0.05) is 18.3 Å². The summed E-state index contributed by atoms with van der Waals surface area (Å²) >= 11 is 0. The Morgan fingerprint density at radius 3 is 2.09 bits per heavy atom. The van der Waals surface area contributed by atoms with Crippen LogP contribution < -0.4 is 16.4 Å². The van der Waals surface area contributed by atoms with E-state index in [0.717, 1.165) is 25.3 Å². The number of carbonyl (C=O) groups is 3. The van der Waals surface area contributed by atoms with Gasteiger partial charge >= 0.3 is 0 Å². The van der Waals surface area contributed by atoms with Crippen molar-refractivity contribution in [3.05, 3.63) is 35.8 Å². The monoisotopic (exact) mass is 310 g/mol. The molecule has 0 aliphatic heterocycles. The van der Waals surface area contributed by atoms with Gasteiger partial charge < -0.3 is 16.4 Å². The number of nitrogens with zero attached hydrogens (tertiary/aromatic N) is 3. The van der Waals surface area contributed by atoms with Gasteiger partial charge in [0.15, 0.2) is 0 Å². The number of amides is 3. The molecule has 9 heteroatoms. The summed E-state index contributed by atoms with van der Waals surface area (Å²) in [6, 6.07) is 0. The minimum absolute atomic E-state index is 0.161. The molecular weight excluding hydrogens is 288 g/mol. The van der Waals surface area contributed by atoms with Gasteiger partial charge in [-0.15, -0.1) is 0 Å². The summed E-state index contributed by atoms with van der Waals surface area (Å²) in [4.78, 5) is 33.7. The maximum atomic E-state index is 11.0. The molecule has 0 atom stereocenters. The summed E-state index contributed by atoms with van der Waals surface area (Å²) in [6.45, 7) is 7.42. The fourth-order valence-corrected chi connectivity index (χ4v) is 1.09. The van der Waals surface area contributed by atoms with E-state index in [1.54, 1.807) is 0 Å². The van der Waals surface area contributed by atoms with E-state index in [1.165, 1.54) is 6.08 Å². The van der Waals surface area contributed by atoms with Crippen molar-refractivity contribution < 1.29 is 14.4 Å². The Bertz CT molecular complexity index is 429. The van der Waals surface area contributed by atoms with Crippen LogP contribution in [0.5, 0.6) is 0 Å². The third kappa shape index (κ3) is 19.5. The molecule has 0 saturated carbocycles. The molecule has 0 heterocycles. The Hall–Kier alpha value is -2.80. The molecule has 0 aromatic carbocycles. The summed E-state index contributed by atoms with van der Waals surface area (Å²) < 4.78 is 0. The Morgan fingerprint density at radius 1 is 1.09 bits per heavy atom. The van der Waals surface area contributed by atoms with Gasteiger partial charge in [-0.2, -0.15) is 0 Å². The van der Waals surface area contributed by atoms with E-state index < -0.39 is 5.91 Å². The SMILES string of the molecule is C=CC(=O)NCCCCCNC(=O)CN=[N+]=[N-].C=CC(N)=O. The van der Waals surface area contributed by atoms with Gasteiger partial charge in [-0.05, 0) is 36.9 Å². The first-order chi connectivity index (χ1) is 10.5. The summed E-state index contributed by atoms with van der Waals surface area (Å²) in [5, 5.41) is 8.42. The molecule has 0 radical (unpaired) electrons. The van der Waals surface area contributed by atoms with Crippen LogP contribution in [-0.2, 0) is 14.4 Å². The molecule has 122 valence electrons. The number of azide groups is 1. The predicted octanol–water partition coefficient (Wildman–Crippen LogP) is 0.543. The molecule has 0 aliphatic carbocycles. The number of nitrogens with two attached hydrogens (primary N) is 1. The molecule has 22 heavy (non-hydrogen) atoms. The van der Waals surface area contributed by atoms with E-state index in [-0.39, 0.29) is 18.4 Å². The molecular formula is C13H22N6O3. The first-order valence-corrected chi connectivity index (χ1v) is 6.57. The molecule has 0 aromatic rings. The minimum Gasteiger partial charge on any atom is -0.366 e. The molecule has 0 spiro atoms. The fourth-order valence-electron chi connectivity index (χ4n) is 1.09. The van der Waals surface area contributed by atoms with Crippen molar-refractivity contribution in [1.82, 2.24) is 10.6 Å². The molecule has 0 saturated heterocycles. The summed E-state index contributed by atoms with van der Waals surface area (Å²) in [7, 11) is 0. The van der Waals surface area contributed by atoms with Crippen molar-refractivity contribution in [3.8, 4) is 0 Å². The van der Waals surface area contributed by atoms with Gasteiger partial charge in [-0.3, -0.25) is 14.4 Å². The van der Waals surface area contributed by atoms with E-state index in [2.05, 4.69) is 39.6 Å². The second-order valence-electron chi connectivity index (χ2n) is 3.90. The van der Waals surface area contributed by atoms with Crippen molar-refractivity contribution in [1.29, 1.82) is 0 Å². The van der Waals surface area contributed by atoms with Crippen LogP contribution in [0, 0.1) is 0 Å². The quantitative estimate of drug-likeness (QED) is 0.178. The van der Waals surface area contributed by atoms with Crippen LogP contribution in [0.1, 0.15) is 19.3 Å². The maximum absolute atomic E-state index is 11.0. The van der Waals surface area contributed by atoms with E-state index >= 15 is 0 Å². The molecule has 0 aliphatic rings. The second-order valence-corrected chi connectivity index (χ2v) is 3.90. The molecule has 0 aromatic heterocycles. The van der Waals surface area contributed by atoms with Crippen LogP contribution in [0.4, 0.5) is 0 Å². The zero-order valence-corrected chi connectivity index (χ0v) is 12.5. The maximum Gasteiger partial charge on any atom is 0.243 e. The molecule has 4 N–H and O–H groups in total. The number of hydrogen-bond donors (Lipinski definition) is 3. The van der Waals surface area contributed by atoms with Crippen molar-refractivity contribution in [2.24, 2.45) is 10.8 Å². The van der Waals surface area contributed by atoms with Crippen LogP contribution in [-0.4, -0.2) is 37.4 Å². The fraction of sp³-hybridized carbons (Fsp3) is 0.462. The minimum atomic E-state index is -0.481. The number of carbonyl (C=O) groups excluding carboxylic acids is 3.